The minimum atomic E-state index is 0.179. The Balaban J connectivity index is 2.25. The molecule has 1 aliphatic rings. The maximum absolute atomic E-state index is 11.7. The summed E-state index contributed by atoms with van der Waals surface area (Å²) >= 11 is 0. The second-order valence-corrected chi connectivity index (χ2v) is 6.38. The van der Waals surface area contributed by atoms with E-state index in [1.807, 2.05) is 0 Å². The first-order chi connectivity index (χ1) is 9.04. The normalized spacial score (nSPS) is 25.3. The van der Waals surface area contributed by atoms with E-state index in [9.17, 15) is 4.79 Å². The maximum atomic E-state index is 11.7. The molecule has 0 spiro atoms. The summed E-state index contributed by atoms with van der Waals surface area (Å²) in [5.41, 5.74) is 0. The third kappa shape index (κ3) is 5.94. The van der Waals surface area contributed by atoms with Gasteiger partial charge in [0.15, 0.2) is 0 Å². The highest BCUT2D eigenvalue weighted by molar-refractivity contribution is 5.76. The second kappa shape index (κ2) is 8.57. The molecule has 2 N–H and O–H groups in total. The Labute approximate surface area is 118 Å². The lowest BCUT2D eigenvalue weighted by atomic mass is 9.78. The van der Waals surface area contributed by atoms with Gasteiger partial charge in [-0.2, -0.15) is 0 Å². The summed E-state index contributed by atoms with van der Waals surface area (Å²) in [6, 6.07) is 0.913. The van der Waals surface area contributed by atoms with E-state index in [0.29, 0.717) is 18.5 Å². The molecular formula is C16H32N2O. The van der Waals surface area contributed by atoms with E-state index in [0.717, 1.165) is 24.8 Å². The average molecular weight is 268 g/mol. The summed E-state index contributed by atoms with van der Waals surface area (Å²) in [6.07, 6.45) is 6.92. The van der Waals surface area contributed by atoms with Gasteiger partial charge in [0.25, 0.3) is 0 Å². The lowest BCUT2D eigenvalue weighted by Crippen LogP contribution is -2.42. The van der Waals surface area contributed by atoms with Gasteiger partial charge in [-0.3, -0.25) is 4.79 Å². The van der Waals surface area contributed by atoms with E-state index in [-0.39, 0.29) is 5.91 Å². The molecule has 0 aromatic carbocycles. The Bertz CT molecular complexity index is 265. The van der Waals surface area contributed by atoms with Crippen molar-refractivity contribution in [1.82, 2.24) is 10.6 Å². The second-order valence-electron chi connectivity index (χ2n) is 6.38. The summed E-state index contributed by atoms with van der Waals surface area (Å²) in [7, 11) is 0. The van der Waals surface area contributed by atoms with Crippen LogP contribution < -0.4 is 10.6 Å². The Morgan fingerprint density at radius 1 is 1.21 bits per heavy atom. The molecule has 1 aliphatic carbocycles. The van der Waals surface area contributed by atoms with Crippen LogP contribution in [0.5, 0.6) is 0 Å². The quantitative estimate of drug-likeness (QED) is 0.745. The van der Waals surface area contributed by atoms with Gasteiger partial charge in [-0.25, -0.2) is 0 Å². The van der Waals surface area contributed by atoms with Gasteiger partial charge in [-0.05, 0) is 38.0 Å². The number of carbonyl (C=O) groups excluding carboxylic acids is 1. The third-order valence-corrected chi connectivity index (χ3v) is 4.45. The zero-order valence-corrected chi connectivity index (χ0v) is 13.2. The first-order valence-electron chi connectivity index (χ1n) is 8.07. The molecule has 1 rings (SSSR count). The van der Waals surface area contributed by atoms with E-state index in [1.165, 1.54) is 25.7 Å². The van der Waals surface area contributed by atoms with Crippen molar-refractivity contribution in [3.05, 3.63) is 0 Å². The number of carbonyl (C=O) groups is 1. The zero-order chi connectivity index (χ0) is 14.3. The van der Waals surface area contributed by atoms with Crippen molar-refractivity contribution in [3.63, 3.8) is 0 Å². The molecule has 0 aliphatic heterocycles. The predicted molar refractivity (Wildman–Crippen MR) is 81.1 cm³/mol. The molecule has 3 heteroatoms. The molecule has 1 amide bonds. The zero-order valence-electron chi connectivity index (χ0n) is 13.2. The van der Waals surface area contributed by atoms with E-state index >= 15 is 0 Å². The van der Waals surface area contributed by atoms with Crippen LogP contribution in [0, 0.1) is 11.8 Å². The lowest BCUT2D eigenvalue weighted by molar-refractivity contribution is -0.121. The molecule has 3 nitrogen and oxygen atoms in total. The summed E-state index contributed by atoms with van der Waals surface area (Å²) in [6.45, 7) is 9.61. The minimum absolute atomic E-state index is 0.179. The molecule has 1 saturated carbocycles. The smallest absolute Gasteiger partial charge is 0.221 e. The number of hydrogen-bond acceptors (Lipinski definition) is 2. The number of hydrogen-bond donors (Lipinski definition) is 2. The van der Waals surface area contributed by atoms with Gasteiger partial charge in [0, 0.05) is 25.0 Å². The number of nitrogens with one attached hydrogen (secondary N) is 2. The predicted octanol–water partition coefficient (Wildman–Crippen LogP) is 3.10. The molecule has 0 aromatic heterocycles. The molecule has 19 heavy (non-hydrogen) atoms. The Morgan fingerprint density at radius 2 is 1.89 bits per heavy atom. The van der Waals surface area contributed by atoms with Crippen LogP contribution in [0.25, 0.3) is 0 Å². The van der Waals surface area contributed by atoms with Crippen LogP contribution in [0.15, 0.2) is 0 Å². The molecule has 0 radical (unpaired) electrons. The van der Waals surface area contributed by atoms with Gasteiger partial charge in [0.2, 0.25) is 5.91 Å². The molecular weight excluding hydrogens is 236 g/mol. The highest BCUT2D eigenvalue weighted by Crippen LogP contribution is 2.30. The molecule has 0 bridgehead atoms. The maximum Gasteiger partial charge on any atom is 0.221 e. The molecule has 112 valence electrons. The molecule has 1 fully saturated rings. The number of rotatable bonds is 7. The van der Waals surface area contributed by atoms with Crippen molar-refractivity contribution in [2.75, 3.05) is 6.54 Å². The monoisotopic (exact) mass is 268 g/mol. The lowest BCUT2D eigenvalue weighted by Gasteiger charge is -2.35. The third-order valence-electron chi connectivity index (χ3n) is 4.45. The van der Waals surface area contributed by atoms with Crippen LogP contribution in [0.3, 0.4) is 0 Å². The van der Waals surface area contributed by atoms with Gasteiger partial charge in [-0.15, -0.1) is 0 Å². The van der Waals surface area contributed by atoms with Gasteiger partial charge >= 0.3 is 0 Å². The van der Waals surface area contributed by atoms with E-state index < -0.39 is 0 Å². The molecule has 3 atom stereocenters. The van der Waals surface area contributed by atoms with Crippen LogP contribution in [0.2, 0.25) is 0 Å². The van der Waals surface area contributed by atoms with Crippen molar-refractivity contribution in [1.29, 1.82) is 0 Å². The Kier molecular flexibility index (Phi) is 7.44. The highest BCUT2D eigenvalue weighted by Gasteiger charge is 2.26. The first-order valence-corrected chi connectivity index (χ1v) is 8.07. The Morgan fingerprint density at radius 3 is 2.53 bits per heavy atom. The summed E-state index contributed by atoms with van der Waals surface area (Å²) < 4.78 is 0. The van der Waals surface area contributed by atoms with Crippen molar-refractivity contribution in [2.45, 2.75) is 78.3 Å². The summed E-state index contributed by atoms with van der Waals surface area (Å²) in [5, 5.41) is 6.64. The van der Waals surface area contributed by atoms with Crippen molar-refractivity contribution in [2.24, 2.45) is 11.8 Å². The van der Waals surface area contributed by atoms with Crippen LogP contribution >= 0.6 is 0 Å². The van der Waals surface area contributed by atoms with Crippen molar-refractivity contribution < 1.29 is 4.79 Å². The van der Waals surface area contributed by atoms with Crippen LogP contribution in [-0.2, 0) is 4.79 Å². The van der Waals surface area contributed by atoms with E-state index in [1.54, 1.807) is 0 Å². The van der Waals surface area contributed by atoms with Crippen LogP contribution in [0.1, 0.15) is 66.2 Å². The minimum Gasteiger partial charge on any atom is -0.354 e. The van der Waals surface area contributed by atoms with Gasteiger partial charge in [0.1, 0.15) is 0 Å². The standard InChI is InChI=1S/C16H32N2O/c1-5-13(4)18-16(19)10-11-17-15-9-7-6-8-14(15)12(2)3/h12-15,17H,5-11H2,1-4H3,(H,18,19). The molecule has 0 saturated heterocycles. The van der Waals surface area contributed by atoms with E-state index in [4.69, 9.17) is 0 Å². The molecule has 3 unspecified atom stereocenters. The average Bonchev–Trinajstić information content (AvgIpc) is 2.38. The number of amides is 1. The van der Waals surface area contributed by atoms with Crippen molar-refractivity contribution >= 4 is 5.91 Å². The fourth-order valence-electron chi connectivity index (χ4n) is 3.03. The summed E-state index contributed by atoms with van der Waals surface area (Å²) in [4.78, 5) is 11.7. The summed E-state index contributed by atoms with van der Waals surface area (Å²) in [5.74, 6) is 1.71. The SMILES string of the molecule is CCC(C)NC(=O)CCNC1CCCCC1C(C)C. The van der Waals surface area contributed by atoms with E-state index in [2.05, 4.69) is 38.3 Å². The fourth-order valence-corrected chi connectivity index (χ4v) is 3.03. The Hall–Kier alpha value is -0.570. The fraction of sp³-hybridized carbons (Fsp3) is 0.938. The molecule has 0 heterocycles. The first kappa shape index (κ1) is 16.5. The highest BCUT2D eigenvalue weighted by atomic mass is 16.1. The van der Waals surface area contributed by atoms with Gasteiger partial charge in [0.05, 0.1) is 0 Å². The van der Waals surface area contributed by atoms with Crippen molar-refractivity contribution in [3.8, 4) is 0 Å². The molecule has 0 aromatic rings. The van der Waals surface area contributed by atoms with Gasteiger partial charge in [-0.1, -0.05) is 33.6 Å². The van der Waals surface area contributed by atoms with Crippen LogP contribution in [0.4, 0.5) is 0 Å². The largest absolute Gasteiger partial charge is 0.354 e. The topological polar surface area (TPSA) is 41.1 Å². The van der Waals surface area contributed by atoms with Crippen LogP contribution in [-0.4, -0.2) is 24.5 Å². The van der Waals surface area contributed by atoms with Gasteiger partial charge < -0.3 is 10.6 Å².